The van der Waals surface area contributed by atoms with E-state index in [9.17, 15) is 0 Å². The van der Waals surface area contributed by atoms with Crippen LogP contribution in [0.5, 0.6) is 11.5 Å². The smallest absolute Gasteiger partial charge is 0.153 e. The minimum atomic E-state index is 0.329. The Labute approximate surface area is 216 Å². The molecule has 0 aliphatic carbocycles. The highest BCUT2D eigenvalue weighted by Crippen LogP contribution is 2.39. The summed E-state index contributed by atoms with van der Waals surface area (Å²) in [5, 5.41) is 15.8. The van der Waals surface area contributed by atoms with E-state index in [2.05, 4.69) is 25.0 Å². The number of phenolic OH excluding ortho intramolecular Hbond substituents is 1. The molecule has 0 aliphatic heterocycles. The maximum absolute atomic E-state index is 8.76. The van der Waals surface area contributed by atoms with Crippen molar-refractivity contribution in [2.75, 3.05) is 14.2 Å². The van der Waals surface area contributed by atoms with Crippen LogP contribution < -0.4 is 4.74 Å². The molecular weight excluding hydrogens is 446 g/mol. The molecular formula is C32H37NO3. The lowest BCUT2D eigenvalue weighted by atomic mass is 9.95. The largest absolute Gasteiger partial charge is 0.508 e. The van der Waals surface area contributed by atoms with Crippen LogP contribution in [0.2, 0.25) is 0 Å². The number of pyridine rings is 1. The first-order valence-electron chi connectivity index (χ1n) is 11.7. The van der Waals surface area contributed by atoms with E-state index < -0.39 is 0 Å². The topological polar surface area (TPSA) is 62.6 Å². The Morgan fingerprint density at radius 1 is 1.08 bits per heavy atom. The van der Waals surface area contributed by atoms with E-state index in [0.29, 0.717) is 11.5 Å². The van der Waals surface area contributed by atoms with Crippen LogP contribution in [0, 0.1) is 18.8 Å². The Balaban J connectivity index is 0.000000543. The number of hydrogen-bond donors (Lipinski definition) is 2. The van der Waals surface area contributed by atoms with Gasteiger partial charge in [0.1, 0.15) is 11.4 Å². The van der Waals surface area contributed by atoms with Gasteiger partial charge in [-0.3, -0.25) is 0 Å². The van der Waals surface area contributed by atoms with Crippen molar-refractivity contribution in [1.29, 1.82) is 0 Å². The van der Waals surface area contributed by atoms with Crippen molar-refractivity contribution in [3.8, 4) is 34.6 Å². The van der Waals surface area contributed by atoms with Gasteiger partial charge in [-0.25, -0.2) is 4.98 Å². The Morgan fingerprint density at radius 2 is 1.69 bits per heavy atom. The lowest BCUT2D eigenvalue weighted by Gasteiger charge is -2.18. The number of nitrogens with zero attached hydrogens (tertiary/aromatic N) is 1. The molecule has 0 atom stereocenters. The molecule has 0 saturated carbocycles. The lowest BCUT2D eigenvalue weighted by Crippen LogP contribution is -2.02. The molecule has 3 rings (SSSR count). The average Bonchev–Trinajstić information content (AvgIpc) is 2.90. The summed E-state index contributed by atoms with van der Waals surface area (Å²) >= 11 is 0. The third-order valence-electron chi connectivity index (χ3n) is 4.98. The van der Waals surface area contributed by atoms with E-state index in [1.807, 2.05) is 82.3 Å². The molecule has 4 heteroatoms. The molecule has 0 unspecified atom stereocenters. The summed E-state index contributed by atoms with van der Waals surface area (Å²) in [4.78, 5) is 4.85. The van der Waals surface area contributed by atoms with Crippen LogP contribution in [0.3, 0.4) is 0 Å². The fourth-order valence-electron chi connectivity index (χ4n) is 3.36. The first-order chi connectivity index (χ1) is 17.4. The van der Waals surface area contributed by atoms with Gasteiger partial charge < -0.3 is 14.9 Å². The Hall–Kier alpha value is -4.07. The van der Waals surface area contributed by atoms with Gasteiger partial charge >= 0.3 is 0 Å². The molecule has 3 aromatic rings. The van der Waals surface area contributed by atoms with Gasteiger partial charge in [0.05, 0.1) is 12.8 Å². The highest BCUT2D eigenvalue weighted by molar-refractivity contribution is 5.85. The van der Waals surface area contributed by atoms with E-state index in [1.165, 1.54) is 5.56 Å². The number of hydrogen-bond acceptors (Lipinski definition) is 4. The highest BCUT2D eigenvalue weighted by atomic mass is 16.5. The number of aromatic nitrogens is 1. The van der Waals surface area contributed by atoms with Crippen molar-refractivity contribution < 1.29 is 14.9 Å². The zero-order valence-electron chi connectivity index (χ0n) is 22.2. The molecule has 36 heavy (non-hydrogen) atoms. The number of allylic oxidation sites excluding steroid dienone is 2. The average molecular weight is 484 g/mol. The molecule has 1 heterocycles. The number of benzene rings is 2. The molecule has 2 N–H and O–H groups in total. The van der Waals surface area contributed by atoms with Gasteiger partial charge in [0, 0.05) is 35.8 Å². The molecule has 188 valence electrons. The van der Waals surface area contributed by atoms with Crippen LogP contribution in [-0.4, -0.2) is 29.4 Å². The summed E-state index contributed by atoms with van der Waals surface area (Å²) in [7, 11) is 2.66. The predicted octanol–water partition coefficient (Wildman–Crippen LogP) is 7.54. The fourth-order valence-corrected chi connectivity index (χ4v) is 3.36. The molecule has 0 amide bonds. The Kier molecular flexibility index (Phi) is 13.1. The van der Waals surface area contributed by atoms with Gasteiger partial charge in [-0.15, -0.1) is 0 Å². The number of methoxy groups -OCH3 is 1. The minimum absolute atomic E-state index is 0.329. The second-order valence-electron chi connectivity index (χ2n) is 7.72. The molecule has 1 aromatic heterocycles. The summed E-state index contributed by atoms with van der Waals surface area (Å²) in [5.41, 5.74) is 7.57. The summed E-state index contributed by atoms with van der Waals surface area (Å²) in [6.07, 6.45) is 6.60. The van der Waals surface area contributed by atoms with E-state index in [-0.39, 0.29) is 0 Å². The summed E-state index contributed by atoms with van der Waals surface area (Å²) < 4.78 is 5.74. The SMILES string of the molecule is C=Cc1c(/C=C\C)nc(-c2ccc(C#CCC)cc2)c(OC)c1C(=C)C.CO.Cc1ccc(O)cc1. The van der Waals surface area contributed by atoms with Gasteiger partial charge in [0.2, 0.25) is 0 Å². The van der Waals surface area contributed by atoms with E-state index in [4.69, 9.17) is 19.9 Å². The standard InChI is InChI=1S/C24H25NO.C7H8O.CH4O/c1-7-10-12-18-13-15-19(16-14-18)23-24(26-6)22(17(4)5)20(9-3)21(25-23)11-8-2;1-6-2-4-7(8)5-3-6;1-2/h8-9,11,13-16H,3-4,7H2,1-2,5-6H3;2-5,8H,1H3;2H,1H3/b11-8-;;. The van der Waals surface area contributed by atoms with Crippen LogP contribution in [0.4, 0.5) is 0 Å². The third kappa shape index (κ3) is 8.30. The number of aromatic hydroxyl groups is 1. The number of rotatable bonds is 5. The van der Waals surface area contributed by atoms with Crippen LogP contribution in [0.1, 0.15) is 55.1 Å². The monoisotopic (exact) mass is 483 g/mol. The number of aliphatic hydroxyl groups excluding tert-OH is 1. The van der Waals surface area contributed by atoms with Gasteiger partial charge in [0.25, 0.3) is 0 Å². The van der Waals surface area contributed by atoms with Gasteiger partial charge in [-0.2, -0.15) is 0 Å². The third-order valence-corrected chi connectivity index (χ3v) is 4.98. The Morgan fingerprint density at radius 3 is 2.14 bits per heavy atom. The molecule has 0 aliphatic rings. The van der Waals surface area contributed by atoms with E-state index in [0.717, 1.165) is 52.7 Å². The molecule has 0 spiro atoms. The quantitative estimate of drug-likeness (QED) is 0.368. The molecule has 4 nitrogen and oxygen atoms in total. The molecule has 0 fully saturated rings. The summed E-state index contributed by atoms with van der Waals surface area (Å²) in [6.45, 7) is 16.0. The first-order valence-corrected chi connectivity index (χ1v) is 11.7. The van der Waals surface area contributed by atoms with Crippen molar-refractivity contribution in [3.63, 3.8) is 0 Å². The number of phenols is 1. The second kappa shape index (κ2) is 15.8. The van der Waals surface area contributed by atoms with Crippen molar-refractivity contribution >= 4 is 17.7 Å². The maximum atomic E-state index is 8.76. The van der Waals surface area contributed by atoms with Crippen molar-refractivity contribution in [3.05, 3.63) is 95.7 Å². The van der Waals surface area contributed by atoms with Gasteiger partial charge in [-0.05, 0) is 56.7 Å². The maximum Gasteiger partial charge on any atom is 0.153 e. The fraction of sp³-hybridized carbons (Fsp3) is 0.219. The van der Waals surface area contributed by atoms with Gasteiger partial charge in [0.15, 0.2) is 5.75 Å². The van der Waals surface area contributed by atoms with Crippen LogP contribution >= 0.6 is 0 Å². The minimum Gasteiger partial charge on any atom is -0.508 e. The van der Waals surface area contributed by atoms with Crippen molar-refractivity contribution in [2.45, 2.75) is 34.1 Å². The first kappa shape index (κ1) is 30.0. The number of aryl methyl sites for hydroxylation is 1. The van der Waals surface area contributed by atoms with Crippen LogP contribution in [0.15, 0.2) is 67.8 Å². The van der Waals surface area contributed by atoms with Crippen molar-refractivity contribution in [2.24, 2.45) is 0 Å². The summed E-state index contributed by atoms with van der Waals surface area (Å²) in [6, 6.07) is 15.2. The van der Waals surface area contributed by atoms with Crippen molar-refractivity contribution in [1.82, 2.24) is 4.98 Å². The summed E-state index contributed by atoms with van der Waals surface area (Å²) in [5.74, 6) is 7.28. The lowest BCUT2D eigenvalue weighted by molar-refractivity contribution is 0.399. The van der Waals surface area contributed by atoms with Crippen LogP contribution in [0.25, 0.3) is 29.0 Å². The highest BCUT2D eigenvalue weighted by Gasteiger charge is 2.19. The molecule has 0 bridgehead atoms. The van der Waals surface area contributed by atoms with E-state index >= 15 is 0 Å². The van der Waals surface area contributed by atoms with Gasteiger partial charge in [-0.1, -0.05) is 73.9 Å². The number of ether oxygens (including phenoxy) is 1. The zero-order chi connectivity index (χ0) is 27.1. The predicted molar refractivity (Wildman–Crippen MR) is 154 cm³/mol. The zero-order valence-corrected chi connectivity index (χ0v) is 22.2. The second-order valence-corrected chi connectivity index (χ2v) is 7.72. The van der Waals surface area contributed by atoms with Crippen LogP contribution in [-0.2, 0) is 0 Å². The molecule has 0 radical (unpaired) electrons. The Bertz CT molecular complexity index is 1200. The number of aliphatic hydroxyl groups is 1. The normalized spacial score (nSPS) is 9.64. The molecule has 0 saturated heterocycles. The molecule has 2 aromatic carbocycles. The van der Waals surface area contributed by atoms with E-state index in [1.54, 1.807) is 19.2 Å².